The SMILES string of the molecule is CCOc1cc(C2/C(=C(\O)c3ccc(OC)c(C)c3)C(=O)C(=O)N2c2cc(Cl)ccc2C)ccc1O. The standard InChI is InChI=1S/C28H26ClNO6/c1-5-36-23-13-17(7-10-21(23)31)25-24(26(32)18-8-11-22(35-4)16(3)12-18)27(33)28(34)30(25)20-14-19(29)9-6-15(20)2/h6-14,25,31-32H,5H2,1-4H3/b26-24+. The minimum absolute atomic E-state index is 0.0812. The van der Waals surface area contributed by atoms with Gasteiger partial charge in [-0.1, -0.05) is 23.7 Å². The lowest BCUT2D eigenvalue weighted by Gasteiger charge is -2.27. The Morgan fingerprint density at radius 1 is 1.00 bits per heavy atom. The Kier molecular flexibility index (Phi) is 6.95. The number of rotatable bonds is 6. The third-order valence-electron chi connectivity index (χ3n) is 6.14. The molecular weight excluding hydrogens is 482 g/mol. The molecule has 1 heterocycles. The molecule has 1 fully saturated rings. The number of Topliss-reactive ketones (excluding diaryl/α,β-unsaturated/α-hetero) is 1. The highest BCUT2D eigenvalue weighted by Crippen LogP contribution is 2.45. The summed E-state index contributed by atoms with van der Waals surface area (Å²) in [6.07, 6.45) is 0. The van der Waals surface area contributed by atoms with Crippen LogP contribution >= 0.6 is 11.6 Å². The molecule has 1 unspecified atom stereocenters. The molecule has 1 saturated heterocycles. The lowest BCUT2D eigenvalue weighted by atomic mass is 9.94. The summed E-state index contributed by atoms with van der Waals surface area (Å²) in [4.78, 5) is 28.2. The lowest BCUT2D eigenvalue weighted by Crippen LogP contribution is -2.30. The molecule has 3 aromatic carbocycles. The van der Waals surface area contributed by atoms with Crippen LogP contribution in [0.2, 0.25) is 5.02 Å². The number of amides is 1. The summed E-state index contributed by atoms with van der Waals surface area (Å²) in [5.74, 6) is -1.22. The van der Waals surface area contributed by atoms with Crippen molar-refractivity contribution in [1.82, 2.24) is 0 Å². The lowest BCUT2D eigenvalue weighted by molar-refractivity contribution is -0.132. The van der Waals surface area contributed by atoms with Gasteiger partial charge in [0, 0.05) is 16.3 Å². The molecule has 3 aromatic rings. The van der Waals surface area contributed by atoms with E-state index in [1.165, 1.54) is 11.0 Å². The third-order valence-corrected chi connectivity index (χ3v) is 6.38. The maximum absolute atomic E-state index is 13.4. The Bertz CT molecular complexity index is 1400. The molecule has 0 bridgehead atoms. The van der Waals surface area contributed by atoms with Crippen molar-refractivity contribution in [2.45, 2.75) is 26.8 Å². The number of aliphatic hydroxyl groups is 1. The summed E-state index contributed by atoms with van der Waals surface area (Å²) in [5.41, 5.74) is 2.66. The molecule has 7 nitrogen and oxygen atoms in total. The quantitative estimate of drug-likeness (QED) is 0.252. The number of anilines is 1. The molecule has 8 heteroatoms. The molecule has 0 aromatic heterocycles. The van der Waals surface area contributed by atoms with Gasteiger partial charge in [0.15, 0.2) is 11.5 Å². The fourth-order valence-corrected chi connectivity index (χ4v) is 4.56. The van der Waals surface area contributed by atoms with Crippen molar-refractivity contribution < 1.29 is 29.3 Å². The molecule has 0 aliphatic carbocycles. The number of carbonyl (C=O) groups excluding carboxylic acids is 2. The minimum atomic E-state index is -0.996. The summed E-state index contributed by atoms with van der Waals surface area (Å²) >= 11 is 6.25. The maximum atomic E-state index is 13.4. The van der Waals surface area contributed by atoms with Crippen LogP contribution in [0.25, 0.3) is 5.76 Å². The number of carbonyl (C=O) groups is 2. The number of nitrogens with zero attached hydrogens (tertiary/aromatic N) is 1. The number of phenolic OH excluding ortho intramolecular Hbond substituents is 1. The molecule has 1 aliphatic rings. The highest BCUT2D eigenvalue weighted by molar-refractivity contribution is 6.52. The summed E-state index contributed by atoms with van der Waals surface area (Å²) in [6, 6.07) is 13.6. The third kappa shape index (κ3) is 4.38. The van der Waals surface area contributed by atoms with Gasteiger partial charge in [-0.2, -0.15) is 0 Å². The predicted octanol–water partition coefficient (Wildman–Crippen LogP) is 5.70. The Balaban J connectivity index is 1.99. The van der Waals surface area contributed by atoms with Gasteiger partial charge in [-0.15, -0.1) is 0 Å². The van der Waals surface area contributed by atoms with Crippen LogP contribution in [0, 0.1) is 13.8 Å². The van der Waals surface area contributed by atoms with Gasteiger partial charge in [-0.25, -0.2) is 0 Å². The van der Waals surface area contributed by atoms with Crippen LogP contribution in [-0.2, 0) is 9.59 Å². The molecule has 0 saturated carbocycles. The van der Waals surface area contributed by atoms with E-state index in [0.717, 1.165) is 11.1 Å². The largest absolute Gasteiger partial charge is 0.507 e. The number of hydrogen-bond donors (Lipinski definition) is 2. The van der Waals surface area contributed by atoms with Gasteiger partial charge in [0.25, 0.3) is 11.7 Å². The normalized spacial score (nSPS) is 16.9. The molecule has 1 amide bonds. The van der Waals surface area contributed by atoms with E-state index in [2.05, 4.69) is 0 Å². The average molecular weight is 508 g/mol. The van der Waals surface area contributed by atoms with Crippen LogP contribution in [0.5, 0.6) is 17.2 Å². The first-order chi connectivity index (χ1) is 17.2. The van der Waals surface area contributed by atoms with E-state index < -0.39 is 17.7 Å². The average Bonchev–Trinajstić information content (AvgIpc) is 3.12. The monoisotopic (exact) mass is 507 g/mol. The second-order valence-electron chi connectivity index (χ2n) is 8.44. The molecule has 0 radical (unpaired) electrons. The number of halogens is 1. The van der Waals surface area contributed by atoms with Crippen molar-refractivity contribution in [3.8, 4) is 17.2 Å². The molecule has 36 heavy (non-hydrogen) atoms. The van der Waals surface area contributed by atoms with Crippen LogP contribution in [0.4, 0.5) is 5.69 Å². The molecule has 1 atom stereocenters. The number of phenols is 1. The molecule has 0 spiro atoms. The van der Waals surface area contributed by atoms with E-state index in [-0.39, 0.29) is 22.8 Å². The fourth-order valence-electron chi connectivity index (χ4n) is 4.39. The van der Waals surface area contributed by atoms with E-state index >= 15 is 0 Å². The fraction of sp³-hybridized carbons (Fsp3) is 0.214. The van der Waals surface area contributed by atoms with Crippen LogP contribution < -0.4 is 14.4 Å². The molecule has 1 aliphatic heterocycles. The zero-order chi connectivity index (χ0) is 26.1. The van der Waals surface area contributed by atoms with Crippen molar-refractivity contribution in [1.29, 1.82) is 0 Å². The number of methoxy groups -OCH3 is 1. The highest BCUT2D eigenvalue weighted by atomic mass is 35.5. The number of aryl methyl sites for hydroxylation is 2. The number of aliphatic hydroxyl groups excluding tert-OH is 1. The zero-order valence-electron chi connectivity index (χ0n) is 20.3. The molecular formula is C28H26ClNO6. The van der Waals surface area contributed by atoms with Crippen LogP contribution in [-0.4, -0.2) is 35.6 Å². The van der Waals surface area contributed by atoms with E-state index in [1.807, 2.05) is 6.92 Å². The molecule has 186 valence electrons. The Hall–Kier alpha value is -3.97. The van der Waals surface area contributed by atoms with Crippen molar-refractivity contribution in [2.24, 2.45) is 0 Å². The summed E-state index contributed by atoms with van der Waals surface area (Å²) < 4.78 is 10.8. The molecule has 2 N–H and O–H groups in total. The van der Waals surface area contributed by atoms with Gasteiger partial charge in [0.1, 0.15) is 11.5 Å². The first-order valence-electron chi connectivity index (χ1n) is 11.4. The molecule has 4 rings (SSSR count). The number of benzene rings is 3. The van der Waals surface area contributed by atoms with Gasteiger partial charge < -0.3 is 19.7 Å². The maximum Gasteiger partial charge on any atom is 0.300 e. The topological polar surface area (TPSA) is 96.3 Å². The van der Waals surface area contributed by atoms with Crippen molar-refractivity contribution >= 4 is 34.7 Å². The number of ketones is 1. The van der Waals surface area contributed by atoms with Crippen molar-refractivity contribution in [3.63, 3.8) is 0 Å². The first kappa shape index (κ1) is 25.1. The van der Waals surface area contributed by atoms with Crippen LogP contribution in [0.15, 0.2) is 60.2 Å². The van der Waals surface area contributed by atoms with Gasteiger partial charge >= 0.3 is 0 Å². The van der Waals surface area contributed by atoms with Crippen LogP contribution in [0.3, 0.4) is 0 Å². The zero-order valence-corrected chi connectivity index (χ0v) is 21.1. The Labute approximate surface area is 214 Å². The van der Waals surface area contributed by atoms with E-state index in [4.69, 9.17) is 21.1 Å². The smallest absolute Gasteiger partial charge is 0.300 e. The van der Waals surface area contributed by atoms with Gasteiger partial charge in [-0.3, -0.25) is 14.5 Å². The minimum Gasteiger partial charge on any atom is -0.507 e. The number of hydrogen-bond acceptors (Lipinski definition) is 6. The first-order valence-corrected chi connectivity index (χ1v) is 11.7. The van der Waals surface area contributed by atoms with Crippen molar-refractivity contribution in [3.05, 3.63) is 87.4 Å². The second-order valence-corrected chi connectivity index (χ2v) is 8.88. The predicted molar refractivity (Wildman–Crippen MR) is 138 cm³/mol. The Morgan fingerprint density at radius 2 is 1.75 bits per heavy atom. The highest BCUT2D eigenvalue weighted by Gasteiger charge is 2.47. The van der Waals surface area contributed by atoms with E-state index in [1.54, 1.807) is 69.5 Å². The van der Waals surface area contributed by atoms with Gasteiger partial charge in [0.05, 0.1) is 25.3 Å². The summed E-state index contributed by atoms with van der Waals surface area (Å²) in [7, 11) is 1.54. The van der Waals surface area contributed by atoms with Gasteiger partial charge in [-0.05, 0) is 79.9 Å². The Morgan fingerprint density at radius 3 is 2.42 bits per heavy atom. The van der Waals surface area contributed by atoms with E-state index in [9.17, 15) is 19.8 Å². The van der Waals surface area contributed by atoms with Crippen LogP contribution in [0.1, 0.15) is 35.2 Å². The number of ether oxygens (including phenoxy) is 2. The summed E-state index contributed by atoms with van der Waals surface area (Å²) in [6.45, 7) is 5.70. The number of aromatic hydroxyl groups is 1. The summed E-state index contributed by atoms with van der Waals surface area (Å²) in [5, 5.41) is 22.0. The van der Waals surface area contributed by atoms with Crippen molar-refractivity contribution in [2.75, 3.05) is 18.6 Å². The second kappa shape index (κ2) is 9.95. The van der Waals surface area contributed by atoms with Gasteiger partial charge in [0.2, 0.25) is 0 Å². The van der Waals surface area contributed by atoms with E-state index in [0.29, 0.717) is 34.2 Å².